The molecule has 2 atom stereocenters. The Balaban J connectivity index is 2.18. The minimum absolute atomic E-state index is 0.165. The van der Waals surface area contributed by atoms with Crippen LogP contribution in [-0.2, 0) is 14.3 Å². The molecule has 0 unspecified atom stereocenters. The third-order valence-corrected chi connectivity index (χ3v) is 4.58. The van der Waals surface area contributed by atoms with Gasteiger partial charge in [0.1, 0.15) is 12.5 Å². The van der Waals surface area contributed by atoms with Gasteiger partial charge in [0.15, 0.2) is 0 Å². The van der Waals surface area contributed by atoms with Crippen molar-refractivity contribution in [1.82, 2.24) is 10.6 Å². The molecule has 148 valence electrons. The smallest absolute Gasteiger partial charge is 0.319 e. The van der Waals surface area contributed by atoms with E-state index in [1.54, 1.807) is 0 Å². The third kappa shape index (κ3) is 5.23. The number of rotatable bonds is 9. The molecule has 1 heterocycles. The number of benzene rings is 1. The summed E-state index contributed by atoms with van der Waals surface area (Å²) in [5.74, 6) is -1.14. The lowest BCUT2D eigenvalue weighted by atomic mass is 9.89. The van der Waals surface area contributed by atoms with Crippen molar-refractivity contribution in [2.45, 2.75) is 26.8 Å². The minimum atomic E-state index is -0.705. The maximum atomic E-state index is 12.6. The zero-order valence-electron chi connectivity index (χ0n) is 16.3. The second kappa shape index (κ2) is 9.97. The van der Waals surface area contributed by atoms with Crippen molar-refractivity contribution < 1.29 is 19.1 Å². The predicted octanol–water partition coefficient (Wildman–Crippen LogP) is 2.60. The van der Waals surface area contributed by atoms with Gasteiger partial charge in [-0.25, -0.2) is 4.79 Å². The summed E-state index contributed by atoms with van der Waals surface area (Å²) >= 11 is 0. The number of nitrogens with one attached hydrogen (secondary N) is 2. The highest BCUT2D eigenvalue weighted by Gasteiger charge is 2.38. The van der Waals surface area contributed by atoms with Gasteiger partial charge in [0, 0.05) is 31.1 Å². The third-order valence-electron chi connectivity index (χ3n) is 4.58. The Bertz CT molecular complexity index is 656. The lowest BCUT2D eigenvalue weighted by molar-refractivity contribution is -0.150. The second-order valence-corrected chi connectivity index (χ2v) is 6.21. The van der Waals surface area contributed by atoms with E-state index in [2.05, 4.69) is 36.0 Å². The van der Waals surface area contributed by atoms with E-state index in [1.165, 1.54) is 0 Å². The predicted molar refractivity (Wildman–Crippen MR) is 104 cm³/mol. The quantitative estimate of drug-likeness (QED) is 0.512. The Morgan fingerprint density at radius 3 is 2.41 bits per heavy atom. The van der Waals surface area contributed by atoms with Crippen LogP contribution in [0.4, 0.5) is 10.5 Å². The van der Waals surface area contributed by atoms with E-state index >= 15 is 0 Å². The van der Waals surface area contributed by atoms with Crippen LogP contribution in [0.5, 0.6) is 0 Å². The van der Waals surface area contributed by atoms with Crippen molar-refractivity contribution in [2.24, 2.45) is 5.92 Å². The topological polar surface area (TPSA) is 79.9 Å². The van der Waals surface area contributed by atoms with Gasteiger partial charge < -0.3 is 25.0 Å². The molecule has 0 radical (unpaired) electrons. The van der Waals surface area contributed by atoms with Gasteiger partial charge in [0.2, 0.25) is 0 Å². The van der Waals surface area contributed by atoms with Crippen molar-refractivity contribution >= 4 is 17.7 Å². The Kier molecular flexibility index (Phi) is 7.67. The Labute approximate surface area is 160 Å². The van der Waals surface area contributed by atoms with Crippen molar-refractivity contribution in [3.63, 3.8) is 0 Å². The Hall–Kier alpha value is -2.54. The highest BCUT2D eigenvalue weighted by molar-refractivity contribution is 5.85. The zero-order chi connectivity index (χ0) is 19.8. The van der Waals surface area contributed by atoms with E-state index in [4.69, 9.17) is 9.47 Å². The van der Waals surface area contributed by atoms with Gasteiger partial charge in [0.25, 0.3) is 0 Å². The summed E-state index contributed by atoms with van der Waals surface area (Å²) in [4.78, 5) is 26.7. The molecule has 0 saturated carbocycles. The van der Waals surface area contributed by atoms with E-state index in [9.17, 15) is 9.59 Å². The average molecular weight is 375 g/mol. The first-order valence-electron chi connectivity index (χ1n) is 9.37. The molecule has 1 aliphatic rings. The SMILES string of the molecule is C=C1NC(=O)N[C@H](c2ccc(N(CC)CC)cc2)[C@H]1C(=O)OCCOCC. The molecule has 27 heavy (non-hydrogen) atoms. The van der Waals surface area contributed by atoms with Crippen molar-refractivity contribution in [2.75, 3.05) is 37.8 Å². The number of anilines is 1. The molecule has 1 aliphatic heterocycles. The number of amides is 2. The molecule has 2 N–H and O–H groups in total. The number of carbonyl (C=O) groups is 2. The molecule has 1 saturated heterocycles. The molecule has 2 amide bonds. The Morgan fingerprint density at radius 1 is 1.15 bits per heavy atom. The molecule has 0 spiro atoms. The fraction of sp³-hybridized carbons (Fsp3) is 0.500. The monoisotopic (exact) mass is 375 g/mol. The van der Waals surface area contributed by atoms with Gasteiger partial charge in [-0.15, -0.1) is 0 Å². The summed E-state index contributed by atoms with van der Waals surface area (Å²) in [5, 5.41) is 5.39. The molecular weight excluding hydrogens is 346 g/mol. The summed E-state index contributed by atoms with van der Waals surface area (Å²) in [6, 6.07) is 6.94. The van der Waals surface area contributed by atoms with Crippen LogP contribution in [0.1, 0.15) is 32.4 Å². The van der Waals surface area contributed by atoms with Crippen LogP contribution in [0, 0.1) is 5.92 Å². The molecular formula is C20H29N3O4. The van der Waals surface area contributed by atoms with Crippen LogP contribution < -0.4 is 15.5 Å². The van der Waals surface area contributed by atoms with Crippen LogP contribution in [0.2, 0.25) is 0 Å². The van der Waals surface area contributed by atoms with Gasteiger partial charge in [-0.05, 0) is 38.5 Å². The van der Waals surface area contributed by atoms with E-state index in [0.29, 0.717) is 18.9 Å². The summed E-state index contributed by atoms with van der Waals surface area (Å²) in [6.45, 7) is 12.8. The van der Waals surface area contributed by atoms with Gasteiger partial charge in [-0.3, -0.25) is 4.79 Å². The first-order valence-corrected chi connectivity index (χ1v) is 9.37. The lowest BCUT2D eigenvalue weighted by Crippen LogP contribution is -2.51. The maximum absolute atomic E-state index is 12.6. The number of hydrogen-bond donors (Lipinski definition) is 2. The van der Waals surface area contributed by atoms with E-state index in [-0.39, 0.29) is 12.6 Å². The lowest BCUT2D eigenvalue weighted by Gasteiger charge is -2.33. The fourth-order valence-corrected chi connectivity index (χ4v) is 3.16. The van der Waals surface area contributed by atoms with E-state index < -0.39 is 17.9 Å². The normalized spacial score (nSPS) is 19.2. The zero-order valence-corrected chi connectivity index (χ0v) is 16.3. The number of urea groups is 1. The summed E-state index contributed by atoms with van der Waals surface area (Å²) < 4.78 is 10.5. The number of esters is 1. The highest BCUT2D eigenvalue weighted by Crippen LogP contribution is 2.31. The van der Waals surface area contributed by atoms with Crippen LogP contribution in [0.3, 0.4) is 0 Å². The second-order valence-electron chi connectivity index (χ2n) is 6.21. The fourth-order valence-electron chi connectivity index (χ4n) is 3.16. The van der Waals surface area contributed by atoms with E-state index in [0.717, 1.165) is 24.3 Å². The number of carbonyl (C=O) groups excluding carboxylic acids is 2. The van der Waals surface area contributed by atoms with Gasteiger partial charge in [0.05, 0.1) is 12.6 Å². The van der Waals surface area contributed by atoms with Crippen LogP contribution >= 0.6 is 0 Å². The molecule has 7 heteroatoms. The van der Waals surface area contributed by atoms with Gasteiger partial charge >= 0.3 is 12.0 Å². The molecule has 1 aromatic carbocycles. The number of hydrogen-bond acceptors (Lipinski definition) is 5. The molecule has 0 bridgehead atoms. The summed E-state index contributed by atoms with van der Waals surface area (Å²) in [6.07, 6.45) is 0. The standard InChI is InChI=1S/C20H29N3O4/c1-5-23(6-2)16-10-8-15(9-11-16)18-17(14(4)21-20(25)22-18)19(24)27-13-12-26-7-3/h8-11,17-18H,4-7,12-13H2,1-3H3,(H2,21,22,25)/t17-,18+/m0/s1. The van der Waals surface area contributed by atoms with Crippen LogP contribution in [0.15, 0.2) is 36.5 Å². The summed E-state index contributed by atoms with van der Waals surface area (Å²) in [5.41, 5.74) is 2.25. The average Bonchev–Trinajstić information content (AvgIpc) is 2.66. The highest BCUT2D eigenvalue weighted by atomic mass is 16.6. The molecule has 2 rings (SSSR count). The van der Waals surface area contributed by atoms with Crippen LogP contribution in [0.25, 0.3) is 0 Å². The van der Waals surface area contributed by atoms with Gasteiger partial charge in [-0.1, -0.05) is 18.7 Å². The minimum Gasteiger partial charge on any atom is -0.463 e. The molecule has 0 aliphatic carbocycles. The van der Waals surface area contributed by atoms with Crippen LogP contribution in [-0.4, -0.2) is 44.9 Å². The van der Waals surface area contributed by atoms with Crippen molar-refractivity contribution in [3.8, 4) is 0 Å². The first kappa shape index (κ1) is 20.8. The molecule has 0 aromatic heterocycles. The number of nitrogens with zero attached hydrogens (tertiary/aromatic N) is 1. The summed E-state index contributed by atoms with van der Waals surface area (Å²) in [7, 11) is 0. The largest absolute Gasteiger partial charge is 0.463 e. The Morgan fingerprint density at radius 2 is 1.81 bits per heavy atom. The molecule has 1 aromatic rings. The van der Waals surface area contributed by atoms with Crippen molar-refractivity contribution in [1.29, 1.82) is 0 Å². The number of ether oxygens (including phenoxy) is 2. The van der Waals surface area contributed by atoms with Crippen molar-refractivity contribution in [3.05, 3.63) is 42.1 Å². The maximum Gasteiger partial charge on any atom is 0.319 e. The molecule has 7 nitrogen and oxygen atoms in total. The first-order chi connectivity index (χ1) is 13.0. The molecule has 1 fully saturated rings. The van der Waals surface area contributed by atoms with Gasteiger partial charge in [-0.2, -0.15) is 0 Å². The van der Waals surface area contributed by atoms with E-state index in [1.807, 2.05) is 31.2 Å².